The molecular weight excluding hydrogens is 275 g/mol. The van der Waals surface area contributed by atoms with Gasteiger partial charge in [0.1, 0.15) is 4.88 Å². The van der Waals surface area contributed by atoms with Crippen LogP contribution in [0.4, 0.5) is 4.39 Å². The van der Waals surface area contributed by atoms with E-state index in [9.17, 15) is 14.0 Å². The minimum atomic E-state index is -0.800. The molecule has 1 heterocycles. The number of thiophene rings is 1. The molecule has 0 saturated carbocycles. The van der Waals surface area contributed by atoms with Crippen LogP contribution in [-0.4, -0.2) is 24.2 Å². The van der Waals surface area contributed by atoms with Crippen molar-refractivity contribution in [3.63, 3.8) is 0 Å². The molecule has 1 aromatic heterocycles. The van der Waals surface area contributed by atoms with Crippen LogP contribution in [0.25, 0.3) is 0 Å². The fourth-order valence-electron chi connectivity index (χ4n) is 0.834. The predicted octanol–water partition coefficient (Wildman–Crippen LogP) is 2.25. The van der Waals surface area contributed by atoms with Crippen LogP contribution in [-0.2, 0) is 4.74 Å². The van der Waals surface area contributed by atoms with E-state index in [0.717, 1.165) is 18.4 Å². The third-order valence-corrected chi connectivity index (χ3v) is 2.97. The third-order valence-electron chi connectivity index (χ3n) is 1.52. The van der Waals surface area contributed by atoms with E-state index in [-0.39, 0.29) is 15.8 Å². The highest BCUT2D eigenvalue weighted by molar-refractivity contribution is 9.09. The van der Waals surface area contributed by atoms with Crippen LogP contribution in [0.3, 0.4) is 0 Å². The molecular formula is C8H6BrFO3S. The van der Waals surface area contributed by atoms with Crippen LogP contribution in [0.15, 0.2) is 5.38 Å². The molecule has 1 rings (SSSR count). The highest BCUT2D eigenvalue weighted by Crippen LogP contribution is 2.22. The van der Waals surface area contributed by atoms with Gasteiger partial charge in [-0.05, 0) is 0 Å². The van der Waals surface area contributed by atoms with Crippen molar-refractivity contribution in [3.8, 4) is 0 Å². The number of halogens is 2. The molecule has 0 fully saturated rings. The summed E-state index contributed by atoms with van der Waals surface area (Å²) in [5, 5.41) is 1.34. The van der Waals surface area contributed by atoms with Crippen LogP contribution in [0.1, 0.15) is 20.0 Å². The molecule has 14 heavy (non-hydrogen) atoms. The zero-order chi connectivity index (χ0) is 10.7. The van der Waals surface area contributed by atoms with Crippen molar-refractivity contribution in [1.82, 2.24) is 0 Å². The Labute approximate surface area is 92.0 Å². The Morgan fingerprint density at radius 2 is 2.29 bits per heavy atom. The monoisotopic (exact) mass is 280 g/mol. The summed E-state index contributed by atoms with van der Waals surface area (Å²) in [6.45, 7) is 0. The Balaban J connectivity index is 3.08. The number of carbonyl (C=O) groups excluding carboxylic acids is 2. The van der Waals surface area contributed by atoms with Crippen molar-refractivity contribution < 1.29 is 18.7 Å². The second-order valence-electron chi connectivity index (χ2n) is 2.34. The van der Waals surface area contributed by atoms with E-state index in [2.05, 4.69) is 20.7 Å². The van der Waals surface area contributed by atoms with E-state index >= 15 is 0 Å². The molecule has 0 amide bonds. The van der Waals surface area contributed by atoms with Gasteiger partial charge in [-0.2, -0.15) is 0 Å². The first kappa shape index (κ1) is 11.3. The molecule has 1 aromatic rings. The minimum Gasteiger partial charge on any atom is -0.465 e. The molecule has 0 N–H and O–H groups in total. The summed E-state index contributed by atoms with van der Waals surface area (Å²) in [6, 6.07) is 0. The second-order valence-corrected chi connectivity index (χ2v) is 3.78. The Morgan fingerprint density at radius 1 is 1.64 bits per heavy atom. The van der Waals surface area contributed by atoms with E-state index in [1.165, 1.54) is 5.38 Å². The molecule has 0 atom stereocenters. The summed E-state index contributed by atoms with van der Waals surface area (Å²) in [5.74, 6) is -1.96. The van der Waals surface area contributed by atoms with Crippen molar-refractivity contribution in [2.24, 2.45) is 0 Å². The molecule has 0 aliphatic rings. The van der Waals surface area contributed by atoms with Gasteiger partial charge in [-0.15, -0.1) is 11.3 Å². The fraction of sp³-hybridized carbons (Fsp3) is 0.250. The average Bonchev–Trinajstić information content (AvgIpc) is 2.58. The van der Waals surface area contributed by atoms with Crippen molar-refractivity contribution >= 4 is 39.0 Å². The lowest BCUT2D eigenvalue weighted by Crippen LogP contribution is -2.05. The normalized spacial score (nSPS) is 9.93. The van der Waals surface area contributed by atoms with Crippen LogP contribution in [0, 0.1) is 5.82 Å². The number of alkyl halides is 1. The zero-order valence-corrected chi connectivity index (χ0v) is 9.58. The van der Waals surface area contributed by atoms with Gasteiger partial charge < -0.3 is 4.74 Å². The van der Waals surface area contributed by atoms with E-state index < -0.39 is 17.6 Å². The van der Waals surface area contributed by atoms with Crippen molar-refractivity contribution in [2.75, 3.05) is 12.4 Å². The number of ether oxygens (including phenoxy) is 1. The first-order valence-electron chi connectivity index (χ1n) is 3.56. The number of rotatable bonds is 3. The SMILES string of the molecule is COC(=O)c1scc(C(=O)CBr)c1F. The van der Waals surface area contributed by atoms with Gasteiger partial charge in [0.15, 0.2) is 11.6 Å². The van der Waals surface area contributed by atoms with Gasteiger partial charge in [0.25, 0.3) is 0 Å². The number of hydrogen-bond acceptors (Lipinski definition) is 4. The predicted molar refractivity (Wildman–Crippen MR) is 53.7 cm³/mol. The smallest absolute Gasteiger partial charge is 0.351 e. The van der Waals surface area contributed by atoms with E-state index in [1.54, 1.807) is 0 Å². The summed E-state index contributed by atoms with van der Waals surface area (Å²) in [6.07, 6.45) is 0. The molecule has 0 saturated heterocycles. The standard InChI is InChI=1S/C8H6BrFO3S/c1-13-8(12)7-6(10)4(3-14-7)5(11)2-9/h3H,2H2,1H3. The van der Waals surface area contributed by atoms with Gasteiger partial charge in [-0.1, -0.05) is 15.9 Å². The molecule has 6 heteroatoms. The lowest BCUT2D eigenvalue weighted by molar-refractivity contribution is 0.0601. The molecule has 0 aromatic carbocycles. The first-order valence-corrected chi connectivity index (χ1v) is 5.56. The minimum absolute atomic E-state index is 0.0290. The van der Waals surface area contributed by atoms with Gasteiger partial charge in [0.2, 0.25) is 0 Å². The first-order chi connectivity index (χ1) is 6.61. The Kier molecular flexibility index (Phi) is 3.77. The number of esters is 1. The highest BCUT2D eigenvalue weighted by atomic mass is 79.9. The average molecular weight is 281 g/mol. The maximum Gasteiger partial charge on any atom is 0.351 e. The van der Waals surface area contributed by atoms with Crippen molar-refractivity contribution in [3.05, 3.63) is 21.6 Å². The molecule has 0 spiro atoms. The van der Waals surface area contributed by atoms with Gasteiger partial charge in [0.05, 0.1) is 18.0 Å². The van der Waals surface area contributed by atoms with Crippen LogP contribution < -0.4 is 0 Å². The number of carbonyl (C=O) groups is 2. The molecule has 3 nitrogen and oxygen atoms in total. The fourth-order valence-corrected chi connectivity index (χ4v) is 2.00. The maximum absolute atomic E-state index is 13.4. The van der Waals surface area contributed by atoms with Gasteiger partial charge in [-0.25, -0.2) is 9.18 Å². The molecule has 0 radical (unpaired) electrons. The summed E-state index contributed by atoms with van der Waals surface area (Å²) in [7, 11) is 1.16. The number of methoxy groups -OCH3 is 1. The largest absolute Gasteiger partial charge is 0.465 e. The molecule has 76 valence electrons. The summed E-state index contributed by atoms with van der Waals surface area (Å²) < 4.78 is 17.7. The lowest BCUT2D eigenvalue weighted by Gasteiger charge is -1.95. The zero-order valence-electron chi connectivity index (χ0n) is 7.17. The number of hydrogen-bond donors (Lipinski definition) is 0. The van der Waals surface area contributed by atoms with Crippen LogP contribution in [0.5, 0.6) is 0 Å². The Hall–Kier alpha value is -0.750. The molecule has 0 unspecified atom stereocenters. The topological polar surface area (TPSA) is 43.4 Å². The summed E-state index contributed by atoms with van der Waals surface area (Å²) in [4.78, 5) is 21.9. The van der Waals surface area contributed by atoms with E-state index in [0.29, 0.717) is 0 Å². The van der Waals surface area contributed by atoms with Crippen LogP contribution in [0.2, 0.25) is 0 Å². The summed E-state index contributed by atoms with van der Waals surface area (Å²) >= 11 is 3.78. The van der Waals surface area contributed by atoms with Gasteiger partial charge >= 0.3 is 5.97 Å². The van der Waals surface area contributed by atoms with E-state index in [1.807, 2.05) is 0 Å². The van der Waals surface area contributed by atoms with Gasteiger partial charge in [0, 0.05) is 5.38 Å². The lowest BCUT2D eigenvalue weighted by atomic mass is 10.2. The second kappa shape index (κ2) is 4.65. The third kappa shape index (κ3) is 2.01. The Morgan fingerprint density at radius 3 is 2.79 bits per heavy atom. The molecule has 0 aliphatic heterocycles. The van der Waals surface area contributed by atoms with Gasteiger partial charge in [-0.3, -0.25) is 4.79 Å². The van der Waals surface area contributed by atoms with Crippen molar-refractivity contribution in [1.29, 1.82) is 0 Å². The quantitative estimate of drug-likeness (QED) is 0.485. The van der Waals surface area contributed by atoms with Crippen molar-refractivity contribution in [2.45, 2.75) is 0 Å². The van der Waals surface area contributed by atoms with Crippen LogP contribution >= 0.6 is 27.3 Å². The number of ketones is 1. The highest BCUT2D eigenvalue weighted by Gasteiger charge is 2.21. The number of Topliss-reactive ketones (excluding diaryl/α,β-unsaturated/α-hetero) is 1. The molecule has 0 aliphatic carbocycles. The Bertz CT molecular complexity index is 341. The summed E-state index contributed by atoms with van der Waals surface area (Å²) in [5.41, 5.74) is -0.0766. The maximum atomic E-state index is 13.4. The molecule has 0 bridgehead atoms. The van der Waals surface area contributed by atoms with E-state index in [4.69, 9.17) is 0 Å².